The Morgan fingerprint density at radius 1 is 0.811 bits per heavy atom. The summed E-state index contributed by atoms with van der Waals surface area (Å²) in [5, 5.41) is -0.603. The molecule has 1 aliphatic carbocycles. The van der Waals surface area contributed by atoms with E-state index in [9.17, 15) is 32.3 Å². The average Bonchev–Trinajstić information content (AvgIpc) is 3.44. The second-order valence-corrected chi connectivity index (χ2v) is 9.47. The van der Waals surface area contributed by atoms with Crippen molar-refractivity contribution in [2.24, 2.45) is 11.8 Å². The number of ketones is 2. The summed E-state index contributed by atoms with van der Waals surface area (Å²) in [5.41, 5.74) is -3.33. The number of fused-ring (bicyclic) bond motifs is 3. The minimum absolute atomic E-state index is 0.0597. The highest BCUT2D eigenvalue weighted by molar-refractivity contribution is 6.37. The van der Waals surface area contributed by atoms with Gasteiger partial charge in [0.1, 0.15) is 0 Å². The number of alkyl halides is 3. The monoisotopic (exact) mass is 525 g/mol. The van der Waals surface area contributed by atoms with Crippen molar-refractivity contribution in [1.29, 1.82) is 0 Å². The van der Waals surface area contributed by atoms with Gasteiger partial charge in [0, 0.05) is 11.1 Å². The Balaban J connectivity index is 1.53. The lowest BCUT2D eigenvalue weighted by Gasteiger charge is -2.27. The molecule has 37 heavy (non-hydrogen) atoms. The van der Waals surface area contributed by atoms with Crippen LogP contribution in [-0.4, -0.2) is 29.0 Å². The van der Waals surface area contributed by atoms with Gasteiger partial charge in [-0.25, -0.2) is 4.90 Å². The van der Waals surface area contributed by atoms with Crippen LogP contribution in [0, 0.1) is 11.8 Å². The van der Waals surface area contributed by atoms with E-state index in [0.29, 0.717) is 16.5 Å². The number of halogens is 4. The van der Waals surface area contributed by atoms with Crippen molar-refractivity contribution in [2.45, 2.75) is 17.9 Å². The fraction of sp³-hybridized carbons (Fsp3) is 0.185. The van der Waals surface area contributed by atoms with E-state index in [1.807, 2.05) is 0 Å². The zero-order valence-corrected chi connectivity index (χ0v) is 19.4. The van der Waals surface area contributed by atoms with Crippen LogP contribution in [0.2, 0.25) is 5.02 Å². The molecule has 3 aliphatic rings. The first kappa shape index (κ1) is 23.6. The zero-order chi connectivity index (χ0) is 26.3. The Labute approximate surface area is 212 Å². The summed E-state index contributed by atoms with van der Waals surface area (Å²) in [6.45, 7) is 0. The quantitative estimate of drug-likeness (QED) is 0.345. The molecule has 2 saturated heterocycles. The largest absolute Gasteiger partial charge is 0.417 e. The number of nitrogens with zero attached hydrogens (tertiary/aromatic N) is 1. The number of carbonyl (C=O) groups is 4. The van der Waals surface area contributed by atoms with Crippen LogP contribution in [0.5, 0.6) is 0 Å². The highest BCUT2D eigenvalue weighted by Crippen LogP contribution is 2.57. The minimum Gasteiger partial charge on any atom is -0.349 e. The van der Waals surface area contributed by atoms with E-state index in [-0.39, 0.29) is 16.8 Å². The molecule has 1 spiro atoms. The molecule has 186 valence electrons. The summed E-state index contributed by atoms with van der Waals surface area (Å²) < 4.78 is 46.7. The van der Waals surface area contributed by atoms with Crippen LogP contribution in [0.15, 0.2) is 72.8 Å². The third-order valence-electron chi connectivity index (χ3n) is 7.16. The molecule has 0 bridgehead atoms. The second-order valence-electron chi connectivity index (χ2n) is 9.07. The molecular formula is C27H15ClF3NO5. The van der Waals surface area contributed by atoms with Gasteiger partial charge in [-0.1, -0.05) is 66.2 Å². The summed E-state index contributed by atoms with van der Waals surface area (Å²) >= 11 is 5.73. The first-order chi connectivity index (χ1) is 17.6. The Hall–Kier alpha value is -3.82. The van der Waals surface area contributed by atoms with Gasteiger partial charge in [0.05, 0.1) is 34.2 Å². The maximum atomic E-state index is 13.8. The molecular weight excluding hydrogens is 511 g/mol. The smallest absolute Gasteiger partial charge is 0.349 e. The highest BCUT2D eigenvalue weighted by atomic mass is 35.5. The summed E-state index contributed by atoms with van der Waals surface area (Å²) in [5.74, 6) is -6.25. The van der Waals surface area contributed by atoms with Crippen molar-refractivity contribution in [2.75, 3.05) is 4.90 Å². The topological polar surface area (TPSA) is 80.8 Å². The van der Waals surface area contributed by atoms with E-state index in [1.54, 1.807) is 42.5 Å². The number of rotatable bonds is 2. The lowest BCUT2D eigenvalue weighted by atomic mass is 9.77. The molecule has 0 radical (unpaired) electrons. The van der Waals surface area contributed by atoms with Crippen molar-refractivity contribution in [3.05, 3.63) is 100 Å². The Morgan fingerprint density at radius 2 is 1.41 bits per heavy atom. The van der Waals surface area contributed by atoms with Crippen LogP contribution in [0.1, 0.15) is 37.9 Å². The summed E-state index contributed by atoms with van der Waals surface area (Å²) in [6.07, 6.45) is -6.01. The molecule has 3 aromatic rings. The van der Waals surface area contributed by atoms with E-state index in [4.69, 9.17) is 16.3 Å². The van der Waals surface area contributed by atoms with E-state index in [2.05, 4.69) is 0 Å². The maximum absolute atomic E-state index is 13.8. The number of imide groups is 1. The van der Waals surface area contributed by atoms with Gasteiger partial charge in [-0.2, -0.15) is 13.2 Å². The van der Waals surface area contributed by atoms with Crippen LogP contribution in [-0.2, 0) is 20.5 Å². The summed E-state index contributed by atoms with van der Waals surface area (Å²) in [4.78, 5) is 55.5. The maximum Gasteiger partial charge on any atom is 0.417 e. The number of hydrogen-bond donors (Lipinski definition) is 0. The predicted molar refractivity (Wildman–Crippen MR) is 124 cm³/mol. The van der Waals surface area contributed by atoms with Gasteiger partial charge in [-0.15, -0.1) is 0 Å². The number of hydrogen-bond acceptors (Lipinski definition) is 5. The fourth-order valence-corrected chi connectivity index (χ4v) is 5.81. The molecule has 3 atom stereocenters. The Kier molecular flexibility index (Phi) is 4.99. The molecule has 2 amide bonds. The molecule has 2 aliphatic heterocycles. The molecule has 0 unspecified atom stereocenters. The van der Waals surface area contributed by atoms with Gasteiger partial charge in [0.2, 0.25) is 29.0 Å². The number of amides is 2. The summed E-state index contributed by atoms with van der Waals surface area (Å²) in [6, 6.07) is 17.0. The Morgan fingerprint density at radius 3 is 2.00 bits per heavy atom. The van der Waals surface area contributed by atoms with Crippen molar-refractivity contribution < 1.29 is 37.1 Å². The number of ether oxygens (including phenoxy) is 1. The van der Waals surface area contributed by atoms with Crippen molar-refractivity contribution in [1.82, 2.24) is 0 Å². The first-order valence-electron chi connectivity index (χ1n) is 11.2. The predicted octanol–water partition coefficient (Wildman–Crippen LogP) is 5.05. The van der Waals surface area contributed by atoms with Crippen molar-refractivity contribution >= 4 is 40.7 Å². The van der Waals surface area contributed by atoms with Gasteiger partial charge in [0.15, 0.2) is 0 Å². The van der Waals surface area contributed by atoms with Crippen LogP contribution >= 0.6 is 11.6 Å². The molecule has 10 heteroatoms. The van der Waals surface area contributed by atoms with Crippen LogP contribution in [0.25, 0.3) is 0 Å². The number of benzene rings is 3. The van der Waals surface area contributed by atoms with Crippen LogP contribution < -0.4 is 4.90 Å². The number of Topliss-reactive ketones (excluding diaryl/α,β-unsaturated/α-hetero) is 2. The van der Waals surface area contributed by atoms with Crippen LogP contribution in [0.3, 0.4) is 0 Å². The van der Waals surface area contributed by atoms with Gasteiger partial charge in [-0.3, -0.25) is 19.2 Å². The third-order valence-corrected chi connectivity index (χ3v) is 7.49. The van der Waals surface area contributed by atoms with Gasteiger partial charge in [-0.05, 0) is 23.8 Å². The minimum atomic E-state index is -4.84. The van der Waals surface area contributed by atoms with Crippen molar-refractivity contribution in [3.8, 4) is 0 Å². The van der Waals surface area contributed by atoms with Gasteiger partial charge in [0.25, 0.3) is 0 Å². The van der Waals surface area contributed by atoms with E-state index in [0.717, 1.165) is 12.1 Å². The standard InChI is InChI=1S/C27H15ClF3NO5/c28-18-11-10-14(12-17(18)27(29,30)31)32-24(35)19-20(25(32)36)26(37-21(19)13-6-2-1-3-7-13)22(33)15-8-4-5-9-16(15)23(26)34/h1-12,19-21H/t19-,20+,21+/m0/s1. The zero-order valence-electron chi connectivity index (χ0n) is 18.7. The molecule has 0 N–H and O–H groups in total. The Bertz CT molecular complexity index is 1480. The number of anilines is 1. The van der Waals surface area contributed by atoms with E-state index < -0.39 is 63.7 Å². The highest BCUT2D eigenvalue weighted by Gasteiger charge is 2.74. The first-order valence-corrected chi connectivity index (χ1v) is 11.6. The molecule has 6 rings (SSSR count). The molecule has 2 heterocycles. The van der Waals surface area contributed by atoms with E-state index in [1.165, 1.54) is 12.1 Å². The number of carbonyl (C=O) groups excluding carboxylic acids is 4. The third kappa shape index (κ3) is 3.10. The molecule has 6 nitrogen and oxygen atoms in total. The van der Waals surface area contributed by atoms with Gasteiger partial charge < -0.3 is 4.74 Å². The lowest BCUT2D eigenvalue weighted by molar-refractivity contribution is -0.137. The summed E-state index contributed by atoms with van der Waals surface area (Å²) in [7, 11) is 0. The van der Waals surface area contributed by atoms with Crippen molar-refractivity contribution in [3.63, 3.8) is 0 Å². The average molecular weight is 526 g/mol. The normalized spacial score (nSPS) is 24.2. The molecule has 0 saturated carbocycles. The van der Waals surface area contributed by atoms with E-state index >= 15 is 0 Å². The molecule has 0 aromatic heterocycles. The lowest BCUT2D eigenvalue weighted by Crippen LogP contribution is -2.51. The fourth-order valence-electron chi connectivity index (χ4n) is 5.58. The second kappa shape index (κ2) is 7.84. The van der Waals surface area contributed by atoms with Crippen LogP contribution in [0.4, 0.5) is 18.9 Å². The molecule has 3 aromatic carbocycles. The SMILES string of the molecule is O=C1[C@@H]2[C@@H](c3ccccc3)OC3(C(=O)c4ccccc4C3=O)[C@H]2C(=O)N1c1ccc(Cl)c(C(F)(F)F)c1. The van der Waals surface area contributed by atoms with Gasteiger partial charge >= 0.3 is 6.18 Å². The molecule has 2 fully saturated rings.